The van der Waals surface area contributed by atoms with E-state index >= 15 is 0 Å². The van der Waals surface area contributed by atoms with Crippen molar-refractivity contribution in [2.24, 2.45) is 0 Å². The Kier molecular flexibility index (Phi) is 6.50. The molecule has 1 unspecified atom stereocenters. The minimum absolute atomic E-state index is 0.00223. The van der Waals surface area contributed by atoms with Crippen molar-refractivity contribution in [3.05, 3.63) is 35.6 Å². The van der Waals surface area contributed by atoms with Crippen molar-refractivity contribution in [3.8, 4) is 0 Å². The Hall–Kier alpha value is -1.42. The average Bonchev–Trinajstić information content (AvgIpc) is 2.39. The highest BCUT2D eigenvalue weighted by molar-refractivity contribution is 5.81. The van der Waals surface area contributed by atoms with E-state index in [2.05, 4.69) is 17.6 Å². The van der Waals surface area contributed by atoms with Crippen LogP contribution < -0.4 is 10.6 Å². The van der Waals surface area contributed by atoms with E-state index in [1.165, 1.54) is 12.1 Å². The van der Waals surface area contributed by atoms with E-state index in [1.54, 1.807) is 12.1 Å². The first-order valence-electron chi connectivity index (χ1n) is 6.83. The van der Waals surface area contributed by atoms with E-state index in [0.29, 0.717) is 6.54 Å². The zero-order valence-corrected chi connectivity index (χ0v) is 11.9. The van der Waals surface area contributed by atoms with Crippen LogP contribution in [0.15, 0.2) is 24.3 Å². The predicted molar refractivity (Wildman–Crippen MR) is 75.3 cm³/mol. The standard InChI is InChI=1S/C15H23FN2O/c1-4-5-10-17-15(19)12(3)18-11(2)13-6-8-14(16)9-7-13/h6-9,11-12,18H,4-5,10H2,1-3H3,(H,17,19)/t11-,12?/m0/s1. The lowest BCUT2D eigenvalue weighted by Crippen LogP contribution is -2.43. The molecule has 1 amide bonds. The zero-order chi connectivity index (χ0) is 14.3. The number of hydrogen-bond donors (Lipinski definition) is 2. The summed E-state index contributed by atoms with van der Waals surface area (Å²) >= 11 is 0. The number of rotatable bonds is 7. The van der Waals surface area contributed by atoms with Crippen molar-refractivity contribution in [2.75, 3.05) is 6.54 Å². The van der Waals surface area contributed by atoms with Gasteiger partial charge < -0.3 is 5.32 Å². The van der Waals surface area contributed by atoms with Gasteiger partial charge in [-0.3, -0.25) is 10.1 Å². The normalized spacial score (nSPS) is 13.9. The maximum Gasteiger partial charge on any atom is 0.236 e. The second-order valence-corrected chi connectivity index (χ2v) is 4.81. The quantitative estimate of drug-likeness (QED) is 0.745. The molecular weight excluding hydrogens is 243 g/mol. The van der Waals surface area contributed by atoms with Gasteiger partial charge in [0.2, 0.25) is 5.91 Å². The monoisotopic (exact) mass is 266 g/mol. The molecule has 0 aliphatic carbocycles. The van der Waals surface area contributed by atoms with Gasteiger partial charge in [-0.1, -0.05) is 25.5 Å². The van der Waals surface area contributed by atoms with E-state index in [4.69, 9.17) is 0 Å². The van der Waals surface area contributed by atoms with Crippen LogP contribution in [0.5, 0.6) is 0 Å². The Morgan fingerprint density at radius 3 is 2.47 bits per heavy atom. The third-order valence-electron chi connectivity index (χ3n) is 3.09. The van der Waals surface area contributed by atoms with Gasteiger partial charge in [0.05, 0.1) is 6.04 Å². The summed E-state index contributed by atoms with van der Waals surface area (Å²) < 4.78 is 12.8. The maximum absolute atomic E-state index is 12.8. The summed E-state index contributed by atoms with van der Waals surface area (Å²) in [6.45, 7) is 6.60. The molecule has 1 aromatic carbocycles. The molecule has 2 atom stereocenters. The lowest BCUT2D eigenvalue weighted by atomic mass is 10.1. The largest absolute Gasteiger partial charge is 0.355 e. The fourth-order valence-electron chi connectivity index (χ4n) is 1.84. The Bertz CT molecular complexity index is 392. The van der Waals surface area contributed by atoms with Crippen LogP contribution in [0.25, 0.3) is 0 Å². The molecule has 106 valence electrons. The van der Waals surface area contributed by atoms with E-state index in [9.17, 15) is 9.18 Å². The number of amides is 1. The molecule has 0 bridgehead atoms. The van der Waals surface area contributed by atoms with Crippen molar-refractivity contribution in [1.82, 2.24) is 10.6 Å². The third kappa shape index (κ3) is 5.39. The van der Waals surface area contributed by atoms with Crippen LogP contribution in [-0.2, 0) is 4.79 Å². The molecule has 0 fully saturated rings. The topological polar surface area (TPSA) is 41.1 Å². The molecule has 0 aromatic heterocycles. The SMILES string of the molecule is CCCCNC(=O)C(C)N[C@@H](C)c1ccc(F)cc1. The first-order valence-corrected chi connectivity index (χ1v) is 6.83. The van der Waals surface area contributed by atoms with Crippen molar-refractivity contribution >= 4 is 5.91 Å². The van der Waals surface area contributed by atoms with Crippen LogP contribution in [0, 0.1) is 5.82 Å². The number of carbonyl (C=O) groups excluding carboxylic acids is 1. The molecule has 0 aliphatic rings. The van der Waals surface area contributed by atoms with Gasteiger partial charge in [0.25, 0.3) is 0 Å². The van der Waals surface area contributed by atoms with Gasteiger partial charge in [-0.05, 0) is 38.0 Å². The molecule has 19 heavy (non-hydrogen) atoms. The molecule has 1 aromatic rings. The summed E-state index contributed by atoms with van der Waals surface area (Å²) in [7, 11) is 0. The number of nitrogens with one attached hydrogen (secondary N) is 2. The van der Waals surface area contributed by atoms with Crippen LogP contribution in [0.3, 0.4) is 0 Å². The highest BCUT2D eigenvalue weighted by Gasteiger charge is 2.15. The van der Waals surface area contributed by atoms with E-state index in [-0.39, 0.29) is 23.8 Å². The smallest absolute Gasteiger partial charge is 0.236 e. The zero-order valence-electron chi connectivity index (χ0n) is 11.9. The van der Waals surface area contributed by atoms with Crippen molar-refractivity contribution in [3.63, 3.8) is 0 Å². The summed E-state index contributed by atoms with van der Waals surface area (Å²) in [6, 6.07) is 6.06. The second-order valence-electron chi connectivity index (χ2n) is 4.81. The summed E-state index contributed by atoms with van der Waals surface area (Å²) in [5, 5.41) is 6.10. The molecule has 2 N–H and O–H groups in total. The van der Waals surface area contributed by atoms with Gasteiger partial charge in [-0.15, -0.1) is 0 Å². The number of unbranched alkanes of at least 4 members (excludes halogenated alkanes) is 1. The molecule has 4 heteroatoms. The summed E-state index contributed by atoms with van der Waals surface area (Å²) in [5.41, 5.74) is 0.967. The summed E-state index contributed by atoms with van der Waals surface area (Å²) in [6.07, 6.45) is 2.06. The summed E-state index contributed by atoms with van der Waals surface area (Å²) in [4.78, 5) is 11.8. The van der Waals surface area contributed by atoms with Gasteiger partial charge in [0.15, 0.2) is 0 Å². The van der Waals surface area contributed by atoms with Crippen LogP contribution in [-0.4, -0.2) is 18.5 Å². The number of hydrogen-bond acceptors (Lipinski definition) is 2. The van der Waals surface area contributed by atoms with Crippen LogP contribution >= 0.6 is 0 Å². The minimum Gasteiger partial charge on any atom is -0.355 e. The molecule has 0 aliphatic heterocycles. The third-order valence-corrected chi connectivity index (χ3v) is 3.09. The highest BCUT2D eigenvalue weighted by Crippen LogP contribution is 2.13. The molecule has 0 saturated heterocycles. The van der Waals surface area contributed by atoms with Gasteiger partial charge in [-0.25, -0.2) is 4.39 Å². The van der Waals surface area contributed by atoms with E-state index < -0.39 is 0 Å². The van der Waals surface area contributed by atoms with Gasteiger partial charge >= 0.3 is 0 Å². The Balaban J connectivity index is 2.44. The molecule has 0 saturated carbocycles. The summed E-state index contributed by atoms with van der Waals surface area (Å²) in [5.74, 6) is -0.247. The Morgan fingerprint density at radius 2 is 1.89 bits per heavy atom. The van der Waals surface area contributed by atoms with Crippen molar-refractivity contribution < 1.29 is 9.18 Å². The molecule has 0 spiro atoms. The highest BCUT2D eigenvalue weighted by atomic mass is 19.1. The first kappa shape index (κ1) is 15.6. The van der Waals surface area contributed by atoms with Crippen molar-refractivity contribution in [1.29, 1.82) is 0 Å². The van der Waals surface area contributed by atoms with Gasteiger partial charge in [0.1, 0.15) is 5.82 Å². The molecular formula is C15H23FN2O. The van der Waals surface area contributed by atoms with Crippen LogP contribution in [0.4, 0.5) is 4.39 Å². The molecule has 3 nitrogen and oxygen atoms in total. The second kappa shape index (κ2) is 7.89. The van der Waals surface area contributed by atoms with Gasteiger partial charge in [-0.2, -0.15) is 0 Å². The minimum atomic E-state index is -0.267. The number of halogens is 1. The fourth-order valence-corrected chi connectivity index (χ4v) is 1.84. The molecule has 0 radical (unpaired) electrons. The Labute approximate surface area is 114 Å². The molecule has 1 rings (SSSR count). The average molecular weight is 266 g/mol. The van der Waals surface area contributed by atoms with Crippen LogP contribution in [0.1, 0.15) is 45.2 Å². The first-order chi connectivity index (χ1) is 9.04. The number of benzene rings is 1. The lowest BCUT2D eigenvalue weighted by molar-refractivity contribution is -0.122. The predicted octanol–water partition coefficient (Wildman–Crippen LogP) is 2.78. The van der Waals surface area contributed by atoms with E-state index in [0.717, 1.165) is 18.4 Å². The molecule has 0 heterocycles. The van der Waals surface area contributed by atoms with Gasteiger partial charge in [0, 0.05) is 12.6 Å². The maximum atomic E-state index is 12.8. The lowest BCUT2D eigenvalue weighted by Gasteiger charge is -2.20. The Morgan fingerprint density at radius 1 is 1.26 bits per heavy atom. The van der Waals surface area contributed by atoms with Crippen LogP contribution in [0.2, 0.25) is 0 Å². The fraction of sp³-hybridized carbons (Fsp3) is 0.533. The van der Waals surface area contributed by atoms with E-state index in [1.807, 2.05) is 13.8 Å². The van der Waals surface area contributed by atoms with Crippen molar-refractivity contribution in [2.45, 2.75) is 45.7 Å². The number of carbonyl (C=O) groups is 1.